The first kappa shape index (κ1) is 21.2. The molecule has 0 saturated heterocycles. The van der Waals surface area contributed by atoms with Gasteiger partial charge in [0.1, 0.15) is 6.04 Å². The molecule has 3 N–H and O–H groups in total. The van der Waals surface area contributed by atoms with Crippen molar-refractivity contribution in [2.45, 2.75) is 24.8 Å². The van der Waals surface area contributed by atoms with Crippen LogP contribution in [0.15, 0.2) is 23.1 Å². The number of ether oxygens (including phenoxy) is 1. The van der Waals surface area contributed by atoms with Gasteiger partial charge in [0.2, 0.25) is 15.9 Å². The molecule has 9 nitrogen and oxygen atoms in total. The van der Waals surface area contributed by atoms with Crippen LogP contribution in [0.3, 0.4) is 0 Å². The monoisotopic (exact) mass is 411 g/mol. The van der Waals surface area contributed by atoms with Crippen LogP contribution in [-0.4, -0.2) is 38.9 Å². The van der Waals surface area contributed by atoms with Crippen LogP contribution >= 0.6 is 23.2 Å². The van der Waals surface area contributed by atoms with Gasteiger partial charge in [-0.25, -0.2) is 8.42 Å². The number of rotatable bonds is 6. The first-order valence-corrected chi connectivity index (χ1v) is 8.96. The predicted molar refractivity (Wildman–Crippen MR) is 89.2 cm³/mol. The first-order valence-electron chi connectivity index (χ1n) is 6.72. The summed E-state index contributed by atoms with van der Waals surface area (Å²) in [4.78, 5) is 33.4. The van der Waals surface area contributed by atoms with Crippen molar-refractivity contribution in [1.82, 2.24) is 15.6 Å². The summed E-state index contributed by atoms with van der Waals surface area (Å²) in [6, 6.07) is 2.38. The maximum atomic E-state index is 12.2. The molecule has 0 aromatic heterocycles. The van der Waals surface area contributed by atoms with Crippen molar-refractivity contribution in [3.05, 3.63) is 28.2 Å². The SMILES string of the molecule is CC(=O)NNC(=O)COC(=O)[C@H](C)NS(=O)(=O)c1ccc(Cl)c(Cl)c1. The van der Waals surface area contributed by atoms with Crippen molar-refractivity contribution >= 4 is 51.0 Å². The highest BCUT2D eigenvalue weighted by Crippen LogP contribution is 2.24. The van der Waals surface area contributed by atoms with E-state index in [0.29, 0.717) is 0 Å². The molecular weight excluding hydrogens is 397 g/mol. The number of sulfonamides is 1. The van der Waals surface area contributed by atoms with E-state index in [1.165, 1.54) is 26.0 Å². The summed E-state index contributed by atoms with van der Waals surface area (Å²) in [5.41, 5.74) is 3.98. The second kappa shape index (κ2) is 8.99. The molecular formula is C13H15Cl2N3O6S. The number of hydrogen-bond acceptors (Lipinski definition) is 6. The molecule has 0 unspecified atom stereocenters. The van der Waals surface area contributed by atoms with Crippen molar-refractivity contribution in [2.24, 2.45) is 0 Å². The average molecular weight is 412 g/mol. The van der Waals surface area contributed by atoms with Gasteiger partial charge in [-0.2, -0.15) is 4.72 Å². The summed E-state index contributed by atoms with van der Waals surface area (Å²) >= 11 is 11.5. The van der Waals surface area contributed by atoms with Crippen molar-refractivity contribution in [1.29, 1.82) is 0 Å². The highest BCUT2D eigenvalue weighted by atomic mass is 35.5. The number of esters is 1. The zero-order valence-electron chi connectivity index (χ0n) is 13.1. The number of carbonyl (C=O) groups excluding carboxylic acids is 3. The number of carbonyl (C=O) groups is 3. The summed E-state index contributed by atoms with van der Waals surface area (Å²) in [5, 5.41) is 0.215. The van der Waals surface area contributed by atoms with Crippen LogP contribution < -0.4 is 15.6 Å². The number of halogens is 2. The Kier molecular flexibility index (Phi) is 7.61. The molecule has 138 valence electrons. The Balaban J connectivity index is 2.62. The number of hydrazine groups is 1. The van der Waals surface area contributed by atoms with Gasteiger partial charge in [-0.15, -0.1) is 0 Å². The van der Waals surface area contributed by atoms with Crippen molar-refractivity contribution in [3.63, 3.8) is 0 Å². The molecule has 0 bridgehead atoms. The number of nitrogens with one attached hydrogen (secondary N) is 3. The predicted octanol–water partition coefficient (Wildman–Crippen LogP) is 0.371. The lowest BCUT2D eigenvalue weighted by molar-refractivity contribution is -0.150. The molecule has 2 amide bonds. The van der Waals surface area contributed by atoms with Crippen LogP contribution in [0.25, 0.3) is 0 Å². The second-order valence-electron chi connectivity index (χ2n) is 4.76. The van der Waals surface area contributed by atoms with Gasteiger partial charge in [0.05, 0.1) is 14.9 Å². The van der Waals surface area contributed by atoms with Gasteiger partial charge >= 0.3 is 5.97 Å². The summed E-state index contributed by atoms with van der Waals surface area (Å²) in [6.45, 7) is 1.72. The fourth-order valence-electron chi connectivity index (χ4n) is 1.45. The molecule has 12 heteroatoms. The Morgan fingerprint density at radius 3 is 2.36 bits per heavy atom. The van der Waals surface area contributed by atoms with Gasteiger partial charge in [0.15, 0.2) is 6.61 Å². The maximum Gasteiger partial charge on any atom is 0.324 e. The summed E-state index contributed by atoms with van der Waals surface area (Å²) < 4.78 is 31.1. The van der Waals surface area contributed by atoms with E-state index in [1.807, 2.05) is 10.9 Å². The Morgan fingerprint density at radius 2 is 1.80 bits per heavy atom. The minimum absolute atomic E-state index is 0.0365. The van der Waals surface area contributed by atoms with E-state index in [9.17, 15) is 22.8 Å². The number of hydrogen-bond donors (Lipinski definition) is 3. The summed E-state index contributed by atoms with van der Waals surface area (Å²) in [7, 11) is -4.06. The standard InChI is InChI=1S/C13H15Cl2N3O6S/c1-7(13(21)24-6-12(20)17-16-8(2)19)18-25(22,23)9-3-4-10(14)11(15)5-9/h3-5,7,18H,6H2,1-2H3,(H,16,19)(H,17,20)/t7-/m0/s1. The highest BCUT2D eigenvalue weighted by molar-refractivity contribution is 7.89. The molecule has 0 fully saturated rings. The third kappa shape index (κ3) is 6.86. The normalized spacial score (nSPS) is 12.2. The number of benzene rings is 1. The summed E-state index contributed by atoms with van der Waals surface area (Å²) in [5.74, 6) is -2.29. The molecule has 0 saturated carbocycles. The zero-order chi connectivity index (χ0) is 19.2. The lowest BCUT2D eigenvalue weighted by Gasteiger charge is -2.14. The van der Waals surface area contributed by atoms with Crippen molar-refractivity contribution < 1.29 is 27.5 Å². The Morgan fingerprint density at radius 1 is 1.16 bits per heavy atom. The smallest absolute Gasteiger partial charge is 0.324 e. The first-order chi connectivity index (χ1) is 11.5. The van der Waals surface area contributed by atoms with Crippen LogP contribution in [0.1, 0.15) is 13.8 Å². The molecule has 0 aliphatic rings. The van der Waals surface area contributed by atoms with E-state index in [-0.39, 0.29) is 14.9 Å². The van der Waals surface area contributed by atoms with Gasteiger partial charge in [-0.1, -0.05) is 23.2 Å². The molecule has 0 aliphatic carbocycles. The summed E-state index contributed by atoms with van der Waals surface area (Å²) in [6.07, 6.45) is 0. The molecule has 1 atom stereocenters. The zero-order valence-corrected chi connectivity index (χ0v) is 15.5. The van der Waals surface area contributed by atoms with Crippen LogP contribution in [0.5, 0.6) is 0 Å². The fraction of sp³-hybridized carbons (Fsp3) is 0.308. The van der Waals surface area contributed by atoms with E-state index in [1.54, 1.807) is 0 Å². The average Bonchev–Trinajstić information content (AvgIpc) is 2.52. The molecule has 1 aromatic rings. The van der Waals surface area contributed by atoms with Crippen LogP contribution in [0, 0.1) is 0 Å². The minimum atomic E-state index is -4.06. The Bertz CT molecular complexity index is 784. The molecule has 1 aromatic carbocycles. The van der Waals surface area contributed by atoms with Crippen LogP contribution in [0.4, 0.5) is 0 Å². The van der Waals surface area contributed by atoms with Crippen LogP contribution in [0.2, 0.25) is 10.0 Å². The van der Waals surface area contributed by atoms with Gasteiger partial charge in [0, 0.05) is 6.92 Å². The van der Waals surface area contributed by atoms with E-state index < -0.39 is 40.5 Å². The Hall–Kier alpha value is -1.88. The third-order valence-corrected chi connectivity index (χ3v) is 4.89. The maximum absolute atomic E-state index is 12.2. The number of amides is 2. The fourth-order valence-corrected chi connectivity index (χ4v) is 3.03. The highest BCUT2D eigenvalue weighted by Gasteiger charge is 2.24. The molecule has 1 rings (SSSR count). The third-order valence-electron chi connectivity index (χ3n) is 2.61. The van der Waals surface area contributed by atoms with Gasteiger partial charge in [-0.3, -0.25) is 25.2 Å². The van der Waals surface area contributed by atoms with Gasteiger partial charge < -0.3 is 4.74 Å². The van der Waals surface area contributed by atoms with Crippen LogP contribution in [-0.2, 0) is 29.1 Å². The van der Waals surface area contributed by atoms with Gasteiger partial charge in [0.25, 0.3) is 5.91 Å². The molecule has 25 heavy (non-hydrogen) atoms. The lowest BCUT2D eigenvalue weighted by Crippen LogP contribution is -2.44. The quantitative estimate of drug-likeness (QED) is 0.457. The molecule has 0 aliphatic heterocycles. The minimum Gasteiger partial charge on any atom is -0.454 e. The van der Waals surface area contributed by atoms with E-state index >= 15 is 0 Å². The lowest BCUT2D eigenvalue weighted by atomic mass is 10.4. The second-order valence-corrected chi connectivity index (χ2v) is 7.28. The van der Waals surface area contributed by atoms with Crippen molar-refractivity contribution in [3.8, 4) is 0 Å². The largest absolute Gasteiger partial charge is 0.454 e. The van der Waals surface area contributed by atoms with Crippen molar-refractivity contribution in [2.75, 3.05) is 6.61 Å². The molecule has 0 spiro atoms. The van der Waals surface area contributed by atoms with E-state index in [4.69, 9.17) is 23.2 Å². The van der Waals surface area contributed by atoms with E-state index in [2.05, 4.69) is 9.46 Å². The topological polar surface area (TPSA) is 131 Å². The Labute approximate surface area is 154 Å². The molecule has 0 heterocycles. The molecule has 0 radical (unpaired) electrons. The van der Waals surface area contributed by atoms with E-state index in [0.717, 1.165) is 6.07 Å². The van der Waals surface area contributed by atoms with Gasteiger partial charge in [-0.05, 0) is 25.1 Å².